The lowest BCUT2D eigenvalue weighted by Crippen LogP contribution is -1.92. The minimum atomic E-state index is -0.317. The Morgan fingerprint density at radius 2 is 1.11 bits per heavy atom. The summed E-state index contributed by atoms with van der Waals surface area (Å²) in [4.78, 5) is 11.2. The predicted octanol–water partition coefficient (Wildman–Crippen LogP) is 6.72. The molecule has 0 spiro atoms. The lowest BCUT2D eigenvalue weighted by Gasteiger charge is -2.11. The van der Waals surface area contributed by atoms with Crippen LogP contribution in [0.5, 0.6) is 0 Å². The molecule has 5 rings (SSSR count). The number of rotatable bonds is 2. The van der Waals surface area contributed by atoms with Gasteiger partial charge in [0.1, 0.15) is 0 Å². The van der Waals surface area contributed by atoms with Crippen molar-refractivity contribution < 1.29 is 4.92 Å². The molecule has 27 heavy (non-hydrogen) atoms. The van der Waals surface area contributed by atoms with Gasteiger partial charge in [-0.3, -0.25) is 10.1 Å². The minimum absolute atomic E-state index is 0.128. The molecule has 0 amide bonds. The Kier molecular flexibility index (Phi) is 3.41. The van der Waals surface area contributed by atoms with Crippen LogP contribution in [0.2, 0.25) is 0 Å². The topological polar surface area (TPSA) is 43.1 Å². The summed E-state index contributed by atoms with van der Waals surface area (Å²) in [7, 11) is 0. The quantitative estimate of drug-likeness (QED) is 0.202. The van der Waals surface area contributed by atoms with Gasteiger partial charge in [0.15, 0.2) is 0 Å². The molecule has 3 nitrogen and oxygen atoms in total. The van der Waals surface area contributed by atoms with E-state index in [4.69, 9.17) is 0 Å². The van der Waals surface area contributed by atoms with Crippen molar-refractivity contribution in [1.82, 2.24) is 0 Å². The number of nitro benzene ring substituents is 1. The average molecular weight is 349 g/mol. The molecule has 0 fully saturated rings. The zero-order valence-corrected chi connectivity index (χ0v) is 14.4. The van der Waals surface area contributed by atoms with Crippen molar-refractivity contribution in [1.29, 1.82) is 0 Å². The van der Waals surface area contributed by atoms with Gasteiger partial charge in [-0.05, 0) is 43.9 Å². The normalized spacial score (nSPS) is 11.3. The molecule has 0 aliphatic heterocycles. The summed E-state index contributed by atoms with van der Waals surface area (Å²) in [6, 6.07) is 29.8. The van der Waals surface area contributed by atoms with Crippen LogP contribution in [-0.2, 0) is 0 Å². The summed E-state index contributed by atoms with van der Waals surface area (Å²) in [5, 5.41) is 18.4. The molecular formula is C24H15NO2. The van der Waals surface area contributed by atoms with Crippen LogP contribution < -0.4 is 0 Å². The Bertz CT molecular complexity index is 1360. The highest BCUT2D eigenvalue weighted by molar-refractivity contribution is 6.19. The molecule has 5 aromatic carbocycles. The van der Waals surface area contributed by atoms with E-state index in [-0.39, 0.29) is 10.6 Å². The smallest absolute Gasteiger partial charge is 0.258 e. The molecule has 0 saturated carbocycles. The van der Waals surface area contributed by atoms with Crippen molar-refractivity contribution in [3.05, 3.63) is 101 Å². The molecule has 5 aromatic rings. The van der Waals surface area contributed by atoms with E-state index < -0.39 is 0 Å². The Balaban J connectivity index is 1.88. The van der Waals surface area contributed by atoms with Crippen LogP contribution in [0.25, 0.3) is 43.4 Å². The van der Waals surface area contributed by atoms with Crippen LogP contribution in [0.4, 0.5) is 5.69 Å². The SMILES string of the molecule is O=[N+]([O-])c1ccccc1-c1cccc2c1ccc1c3ccccc3ccc21. The summed E-state index contributed by atoms with van der Waals surface area (Å²) >= 11 is 0. The predicted molar refractivity (Wildman–Crippen MR) is 111 cm³/mol. The second-order valence-corrected chi connectivity index (χ2v) is 6.62. The van der Waals surface area contributed by atoms with E-state index >= 15 is 0 Å². The number of para-hydroxylation sites is 1. The van der Waals surface area contributed by atoms with Crippen LogP contribution in [0.15, 0.2) is 91.0 Å². The highest BCUT2D eigenvalue weighted by Gasteiger charge is 2.16. The van der Waals surface area contributed by atoms with Gasteiger partial charge >= 0.3 is 0 Å². The molecule has 3 heteroatoms. The highest BCUT2D eigenvalue weighted by Crippen LogP contribution is 2.38. The number of nitrogens with zero attached hydrogens (tertiary/aromatic N) is 1. The molecule has 0 aliphatic rings. The third kappa shape index (κ3) is 2.36. The molecule has 0 unspecified atom stereocenters. The lowest BCUT2D eigenvalue weighted by atomic mass is 9.92. The molecule has 0 aliphatic carbocycles. The molecule has 0 atom stereocenters. The second-order valence-electron chi connectivity index (χ2n) is 6.62. The molecule has 0 bridgehead atoms. The highest BCUT2D eigenvalue weighted by atomic mass is 16.6. The first-order valence-corrected chi connectivity index (χ1v) is 8.81. The van der Waals surface area contributed by atoms with Crippen molar-refractivity contribution in [3.63, 3.8) is 0 Å². The van der Waals surface area contributed by atoms with Crippen LogP contribution in [-0.4, -0.2) is 4.92 Å². The number of hydrogen-bond donors (Lipinski definition) is 0. The maximum atomic E-state index is 11.5. The molecular weight excluding hydrogens is 334 g/mol. The summed E-state index contributed by atoms with van der Waals surface area (Å²) in [5.41, 5.74) is 1.66. The molecule has 0 radical (unpaired) electrons. The summed E-state index contributed by atoms with van der Waals surface area (Å²) < 4.78 is 0. The summed E-state index contributed by atoms with van der Waals surface area (Å²) in [5.74, 6) is 0. The van der Waals surface area contributed by atoms with Crippen molar-refractivity contribution in [2.75, 3.05) is 0 Å². The lowest BCUT2D eigenvalue weighted by molar-refractivity contribution is -0.384. The van der Waals surface area contributed by atoms with Gasteiger partial charge in [0.25, 0.3) is 5.69 Å². The average Bonchev–Trinajstić information content (AvgIpc) is 2.72. The van der Waals surface area contributed by atoms with Gasteiger partial charge in [0.05, 0.1) is 10.5 Å². The number of fused-ring (bicyclic) bond motifs is 5. The van der Waals surface area contributed by atoms with E-state index in [9.17, 15) is 10.1 Å². The van der Waals surface area contributed by atoms with Gasteiger partial charge in [0, 0.05) is 6.07 Å². The Hall–Kier alpha value is -3.72. The Morgan fingerprint density at radius 3 is 2.00 bits per heavy atom. The third-order valence-corrected chi connectivity index (χ3v) is 5.17. The first kappa shape index (κ1) is 15.5. The van der Waals surface area contributed by atoms with Gasteiger partial charge in [-0.2, -0.15) is 0 Å². The minimum Gasteiger partial charge on any atom is -0.258 e. The molecule has 128 valence electrons. The van der Waals surface area contributed by atoms with Crippen molar-refractivity contribution in [2.45, 2.75) is 0 Å². The number of nitro groups is 1. The van der Waals surface area contributed by atoms with Gasteiger partial charge < -0.3 is 0 Å². The van der Waals surface area contributed by atoms with Crippen LogP contribution in [0, 0.1) is 10.1 Å². The zero-order chi connectivity index (χ0) is 18.4. The molecule has 0 saturated heterocycles. The summed E-state index contributed by atoms with van der Waals surface area (Å²) in [6.45, 7) is 0. The fourth-order valence-corrected chi connectivity index (χ4v) is 3.95. The molecule has 0 aromatic heterocycles. The van der Waals surface area contributed by atoms with Crippen LogP contribution in [0.3, 0.4) is 0 Å². The van der Waals surface area contributed by atoms with E-state index in [2.05, 4.69) is 48.5 Å². The summed E-state index contributed by atoms with van der Waals surface area (Å²) in [6.07, 6.45) is 0. The Morgan fingerprint density at radius 1 is 0.519 bits per heavy atom. The zero-order valence-electron chi connectivity index (χ0n) is 14.4. The van der Waals surface area contributed by atoms with E-state index in [0.717, 1.165) is 21.7 Å². The van der Waals surface area contributed by atoms with Gasteiger partial charge in [-0.25, -0.2) is 0 Å². The second kappa shape index (κ2) is 5.92. The van der Waals surface area contributed by atoms with E-state index in [1.165, 1.54) is 16.2 Å². The first-order valence-electron chi connectivity index (χ1n) is 8.81. The van der Waals surface area contributed by atoms with Crippen molar-refractivity contribution in [2.24, 2.45) is 0 Å². The number of hydrogen-bond acceptors (Lipinski definition) is 2. The van der Waals surface area contributed by atoms with Gasteiger partial charge in [-0.15, -0.1) is 0 Å². The first-order chi connectivity index (χ1) is 13.2. The third-order valence-electron chi connectivity index (χ3n) is 5.17. The number of benzene rings is 5. The van der Waals surface area contributed by atoms with Gasteiger partial charge in [0.2, 0.25) is 0 Å². The fraction of sp³-hybridized carbons (Fsp3) is 0. The van der Waals surface area contributed by atoms with Crippen molar-refractivity contribution >= 4 is 38.0 Å². The van der Waals surface area contributed by atoms with Crippen molar-refractivity contribution in [3.8, 4) is 11.1 Å². The largest absolute Gasteiger partial charge is 0.277 e. The maximum Gasteiger partial charge on any atom is 0.277 e. The van der Waals surface area contributed by atoms with E-state index in [0.29, 0.717) is 5.56 Å². The molecule has 0 N–H and O–H groups in total. The van der Waals surface area contributed by atoms with E-state index in [1.807, 2.05) is 30.3 Å². The van der Waals surface area contributed by atoms with Crippen LogP contribution >= 0.6 is 0 Å². The van der Waals surface area contributed by atoms with E-state index in [1.54, 1.807) is 12.1 Å². The van der Waals surface area contributed by atoms with Crippen LogP contribution in [0.1, 0.15) is 0 Å². The molecule has 0 heterocycles. The maximum absolute atomic E-state index is 11.5. The standard InChI is InChI=1S/C24H15NO2/c26-25(27)24-11-4-3-8-23(24)19-10-5-9-18-21-13-12-16-6-1-2-7-17(16)20(21)14-15-22(18)19/h1-15H. The fourth-order valence-electron chi connectivity index (χ4n) is 3.95. The van der Waals surface area contributed by atoms with Gasteiger partial charge in [-0.1, -0.05) is 78.9 Å². The monoisotopic (exact) mass is 349 g/mol. The Labute approximate surface area is 155 Å².